The van der Waals surface area contributed by atoms with E-state index in [0.717, 1.165) is 12.1 Å². The van der Waals surface area contributed by atoms with Gasteiger partial charge in [-0.2, -0.15) is 18.4 Å². The molecule has 0 aliphatic rings. The van der Waals surface area contributed by atoms with Gasteiger partial charge < -0.3 is 4.98 Å². The summed E-state index contributed by atoms with van der Waals surface area (Å²) in [6, 6.07) is 7.57. The third-order valence-electron chi connectivity index (χ3n) is 2.57. The lowest BCUT2D eigenvalue weighted by Gasteiger charge is -2.11. The lowest BCUT2D eigenvalue weighted by atomic mass is 10.00. The van der Waals surface area contributed by atoms with Gasteiger partial charge >= 0.3 is 6.18 Å². The van der Waals surface area contributed by atoms with Gasteiger partial charge in [0.15, 0.2) is 0 Å². The maximum absolute atomic E-state index is 12.8. The van der Waals surface area contributed by atoms with E-state index in [2.05, 4.69) is 4.98 Å². The van der Waals surface area contributed by atoms with E-state index in [1.165, 1.54) is 24.4 Å². The predicted octanol–water partition coefficient (Wildman–Crippen LogP) is 3.14. The maximum atomic E-state index is 12.8. The predicted molar refractivity (Wildman–Crippen MR) is 60.4 cm³/mol. The van der Waals surface area contributed by atoms with Crippen LogP contribution in [0.5, 0.6) is 0 Å². The van der Waals surface area contributed by atoms with E-state index in [4.69, 9.17) is 5.26 Å². The SMILES string of the molecule is N#Cc1cc[nH]c1C(=O)c1ccccc1C(F)(F)F. The molecule has 1 heterocycles. The number of aromatic nitrogens is 1. The molecule has 0 fully saturated rings. The Hall–Kier alpha value is -2.55. The lowest BCUT2D eigenvalue weighted by Crippen LogP contribution is -2.14. The highest BCUT2D eigenvalue weighted by atomic mass is 19.4. The first kappa shape index (κ1) is 12.9. The van der Waals surface area contributed by atoms with Crippen LogP contribution in [0.2, 0.25) is 0 Å². The second-order valence-electron chi connectivity index (χ2n) is 3.75. The standard InChI is InChI=1S/C13H7F3N2O/c14-13(15,16)10-4-2-1-3-9(10)12(19)11-8(7-17)5-6-18-11/h1-6,18H. The molecular weight excluding hydrogens is 257 g/mol. The van der Waals surface area contributed by atoms with Gasteiger partial charge in [0.1, 0.15) is 11.8 Å². The third-order valence-corrected chi connectivity index (χ3v) is 2.57. The summed E-state index contributed by atoms with van der Waals surface area (Å²) in [7, 11) is 0. The van der Waals surface area contributed by atoms with Gasteiger partial charge in [0.25, 0.3) is 0 Å². The number of aromatic amines is 1. The van der Waals surface area contributed by atoms with Crippen molar-refractivity contribution in [2.24, 2.45) is 0 Å². The number of carbonyl (C=O) groups is 1. The molecule has 1 N–H and O–H groups in total. The first-order chi connectivity index (χ1) is 8.95. The minimum Gasteiger partial charge on any atom is -0.357 e. The molecule has 1 aromatic carbocycles. The van der Waals surface area contributed by atoms with Crippen molar-refractivity contribution in [2.45, 2.75) is 6.18 Å². The molecule has 2 rings (SSSR count). The van der Waals surface area contributed by atoms with Crippen molar-refractivity contribution in [3.05, 3.63) is 58.9 Å². The fourth-order valence-electron chi connectivity index (χ4n) is 1.71. The Balaban J connectivity index is 2.55. The van der Waals surface area contributed by atoms with Gasteiger partial charge in [-0.25, -0.2) is 0 Å². The second kappa shape index (κ2) is 4.61. The van der Waals surface area contributed by atoms with Crippen LogP contribution in [0.15, 0.2) is 36.5 Å². The van der Waals surface area contributed by atoms with Gasteiger partial charge in [-0.1, -0.05) is 18.2 Å². The number of alkyl halides is 3. The summed E-state index contributed by atoms with van der Waals surface area (Å²) in [5.74, 6) is -0.852. The van der Waals surface area contributed by atoms with Gasteiger partial charge in [0.2, 0.25) is 5.78 Å². The average Bonchev–Trinajstić information content (AvgIpc) is 2.85. The van der Waals surface area contributed by atoms with Crippen LogP contribution >= 0.6 is 0 Å². The summed E-state index contributed by atoms with van der Waals surface area (Å²) in [5.41, 5.74) is -1.62. The number of nitrogens with zero attached hydrogens (tertiary/aromatic N) is 1. The number of nitriles is 1. The first-order valence-electron chi connectivity index (χ1n) is 5.23. The Bertz CT molecular complexity index is 665. The molecule has 0 saturated heterocycles. The Morgan fingerprint density at radius 2 is 1.89 bits per heavy atom. The van der Waals surface area contributed by atoms with E-state index in [1.807, 2.05) is 0 Å². The van der Waals surface area contributed by atoms with Gasteiger partial charge in [-0.05, 0) is 12.1 Å². The van der Waals surface area contributed by atoms with Gasteiger partial charge in [0.05, 0.1) is 11.1 Å². The van der Waals surface area contributed by atoms with Gasteiger partial charge in [-0.3, -0.25) is 4.79 Å². The number of hydrogen-bond acceptors (Lipinski definition) is 2. The van der Waals surface area contributed by atoms with Gasteiger partial charge in [-0.15, -0.1) is 0 Å². The highest BCUT2D eigenvalue weighted by molar-refractivity contribution is 6.10. The summed E-state index contributed by atoms with van der Waals surface area (Å²) >= 11 is 0. The summed E-state index contributed by atoms with van der Waals surface area (Å²) < 4.78 is 38.4. The summed E-state index contributed by atoms with van der Waals surface area (Å²) in [4.78, 5) is 14.6. The third kappa shape index (κ3) is 2.36. The normalized spacial score (nSPS) is 11.1. The molecule has 0 atom stereocenters. The van der Waals surface area contributed by atoms with E-state index in [1.54, 1.807) is 6.07 Å². The Morgan fingerprint density at radius 3 is 2.53 bits per heavy atom. The molecule has 19 heavy (non-hydrogen) atoms. The van der Waals surface area contributed by atoms with Crippen LogP contribution in [0, 0.1) is 11.3 Å². The molecule has 0 spiro atoms. The number of carbonyl (C=O) groups excluding carboxylic acids is 1. The molecule has 0 unspecified atom stereocenters. The fraction of sp³-hybridized carbons (Fsp3) is 0.0769. The van der Waals surface area contributed by atoms with Crippen molar-refractivity contribution in [1.29, 1.82) is 5.26 Å². The molecule has 0 amide bonds. The number of H-pyrrole nitrogens is 1. The largest absolute Gasteiger partial charge is 0.417 e. The Morgan fingerprint density at radius 1 is 1.21 bits per heavy atom. The maximum Gasteiger partial charge on any atom is 0.417 e. The number of ketones is 1. The minimum atomic E-state index is -4.62. The molecule has 0 aliphatic heterocycles. The highest BCUT2D eigenvalue weighted by Crippen LogP contribution is 2.32. The van der Waals surface area contributed by atoms with E-state index >= 15 is 0 Å². The monoisotopic (exact) mass is 264 g/mol. The molecule has 6 heteroatoms. The molecular formula is C13H7F3N2O. The summed E-state index contributed by atoms with van der Waals surface area (Å²) in [6.07, 6.45) is -3.28. The molecule has 96 valence electrons. The first-order valence-corrected chi connectivity index (χ1v) is 5.23. The molecule has 0 saturated carbocycles. The zero-order chi connectivity index (χ0) is 14.0. The Labute approximate surface area is 106 Å². The molecule has 0 bridgehead atoms. The Kier molecular flexibility index (Phi) is 3.13. The topological polar surface area (TPSA) is 56.6 Å². The van der Waals surface area contributed by atoms with Crippen LogP contribution in [0.3, 0.4) is 0 Å². The van der Waals surface area contributed by atoms with E-state index in [-0.39, 0.29) is 11.3 Å². The summed E-state index contributed by atoms with van der Waals surface area (Å²) in [6.45, 7) is 0. The smallest absolute Gasteiger partial charge is 0.357 e. The zero-order valence-electron chi connectivity index (χ0n) is 9.45. The van der Waals surface area contributed by atoms with E-state index in [9.17, 15) is 18.0 Å². The van der Waals surface area contributed by atoms with E-state index < -0.39 is 23.1 Å². The number of benzene rings is 1. The quantitative estimate of drug-likeness (QED) is 0.847. The van der Waals surface area contributed by atoms with E-state index in [0.29, 0.717) is 0 Å². The zero-order valence-corrected chi connectivity index (χ0v) is 9.45. The van der Waals surface area contributed by atoms with Crippen molar-refractivity contribution < 1.29 is 18.0 Å². The van der Waals surface area contributed by atoms with Crippen LogP contribution in [0.1, 0.15) is 27.2 Å². The number of hydrogen-bond donors (Lipinski definition) is 1. The second-order valence-corrected chi connectivity index (χ2v) is 3.75. The van der Waals surface area contributed by atoms with Crippen molar-refractivity contribution in [3.8, 4) is 6.07 Å². The van der Waals surface area contributed by atoms with Gasteiger partial charge in [0, 0.05) is 11.8 Å². The van der Waals surface area contributed by atoms with Crippen LogP contribution < -0.4 is 0 Å². The van der Waals surface area contributed by atoms with Crippen LogP contribution in [0.25, 0.3) is 0 Å². The fourth-order valence-corrected chi connectivity index (χ4v) is 1.71. The minimum absolute atomic E-state index is 0.0157. The molecule has 3 nitrogen and oxygen atoms in total. The molecule has 0 radical (unpaired) electrons. The highest BCUT2D eigenvalue weighted by Gasteiger charge is 2.35. The van der Waals surface area contributed by atoms with Crippen LogP contribution in [0.4, 0.5) is 13.2 Å². The molecule has 0 aliphatic carbocycles. The van der Waals surface area contributed by atoms with Crippen LogP contribution in [-0.2, 0) is 6.18 Å². The molecule has 2 aromatic rings. The number of rotatable bonds is 2. The molecule has 1 aromatic heterocycles. The van der Waals surface area contributed by atoms with Crippen LogP contribution in [-0.4, -0.2) is 10.8 Å². The van der Waals surface area contributed by atoms with Crippen molar-refractivity contribution >= 4 is 5.78 Å². The van der Waals surface area contributed by atoms with Crippen molar-refractivity contribution in [2.75, 3.05) is 0 Å². The number of halogens is 3. The van der Waals surface area contributed by atoms with Crippen molar-refractivity contribution in [3.63, 3.8) is 0 Å². The van der Waals surface area contributed by atoms with Crippen molar-refractivity contribution in [1.82, 2.24) is 4.98 Å². The number of nitrogens with one attached hydrogen (secondary N) is 1. The average molecular weight is 264 g/mol. The summed E-state index contributed by atoms with van der Waals surface area (Å²) in [5, 5.41) is 8.79. The lowest BCUT2D eigenvalue weighted by molar-refractivity contribution is -0.137.